The van der Waals surface area contributed by atoms with E-state index in [1.807, 2.05) is 19.1 Å². The minimum absolute atomic E-state index is 0.0110. The lowest BCUT2D eigenvalue weighted by atomic mass is 9.79. The van der Waals surface area contributed by atoms with Crippen LogP contribution in [0.4, 0.5) is 0 Å². The molecule has 2 saturated heterocycles. The highest BCUT2D eigenvalue weighted by Crippen LogP contribution is 2.36. The number of nitrogens with one attached hydrogen (secondary N) is 2. The molecule has 2 aliphatic heterocycles. The summed E-state index contributed by atoms with van der Waals surface area (Å²) >= 11 is 6.00. The molecule has 0 aliphatic carbocycles. The highest BCUT2D eigenvalue weighted by Gasteiger charge is 2.42. The van der Waals surface area contributed by atoms with Crippen LogP contribution in [0.25, 0.3) is 0 Å². The average Bonchev–Trinajstić information content (AvgIpc) is 2.98. The van der Waals surface area contributed by atoms with E-state index in [0.29, 0.717) is 11.4 Å². The number of hydrogen-bond donors (Lipinski definition) is 3. The molecule has 1 aromatic rings. The second kappa shape index (κ2) is 8.27. The van der Waals surface area contributed by atoms with Gasteiger partial charge in [0, 0.05) is 43.0 Å². The van der Waals surface area contributed by atoms with Crippen LogP contribution in [0.2, 0.25) is 5.02 Å². The van der Waals surface area contributed by atoms with Gasteiger partial charge in [-0.2, -0.15) is 0 Å². The third kappa shape index (κ3) is 4.48. The van der Waals surface area contributed by atoms with E-state index >= 15 is 0 Å². The molecule has 7 heteroatoms. The Kier molecular flexibility index (Phi) is 6.04. The van der Waals surface area contributed by atoms with Gasteiger partial charge in [0.05, 0.1) is 12.6 Å². The fraction of sp³-hybridized carbons (Fsp3) is 0.579. The molecule has 142 valence electrons. The number of carbonyl (C=O) groups excluding carboxylic acids is 1. The van der Waals surface area contributed by atoms with Gasteiger partial charge in [-0.05, 0) is 37.5 Å². The molecule has 0 aromatic heterocycles. The third-order valence-corrected chi connectivity index (χ3v) is 5.37. The molecule has 0 saturated carbocycles. The Morgan fingerprint density at radius 1 is 1.54 bits per heavy atom. The number of nitrogens with zero attached hydrogens (tertiary/aromatic N) is 2. The first-order valence-corrected chi connectivity index (χ1v) is 9.63. The van der Waals surface area contributed by atoms with Crippen LogP contribution in [0.15, 0.2) is 29.3 Å². The van der Waals surface area contributed by atoms with E-state index in [1.165, 1.54) is 0 Å². The predicted octanol–water partition coefficient (Wildman–Crippen LogP) is 1.94. The number of aliphatic imine (C=N–C) groups is 1. The van der Waals surface area contributed by atoms with Gasteiger partial charge in [0.15, 0.2) is 5.96 Å². The fourth-order valence-corrected chi connectivity index (χ4v) is 4.05. The lowest BCUT2D eigenvalue weighted by molar-refractivity contribution is -0.119. The Bertz CT molecular complexity index is 681. The summed E-state index contributed by atoms with van der Waals surface area (Å²) in [7, 11) is 0. The zero-order valence-electron chi connectivity index (χ0n) is 15.2. The average molecular weight is 379 g/mol. The van der Waals surface area contributed by atoms with Gasteiger partial charge in [-0.1, -0.05) is 23.7 Å². The predicted molar refractivity (Wildman–Crippen MR) is 103 cm³/mol. The number of rotatable bonds is 4. The summed E-state index contributed by atoms with van der Waals surface area (Å²) in [6.45, 7) is 5.52. The zero-order chi connectivity index (χ0) is 18.6. The molecule has 2 unspecified atom stereocenters. The number of hydrogen-bond acceptors (Lipinski definition) is 3. The van der Waals surface area contributed by atoms with Crippen LogP contribution in [0.5, 0.6) is 0 Å². The van der Waals surface area contributed by atoms with Crippen molar-refractivity contribution in [2.45, 2.75) is 32.3 Å². The molecule has 1 spiro atoms. The number of aliphatic hydroxyl groups is 1. The molecule has 0 bridgehead atoms. The quantitative estimate of drug-likeness (QED) is 0.552. The van der Waals surface area contributed by atoms with Gasteiger partial charge in [0.25, 0.3) is 0 Å². The van der Waals surface area contributed by atoms with Crippen molar-refractivity contribution in [1.82, 2.24) is 15.5 Å². The van der Waals surface area contributed by atoms with Crippen molar-refractivity contribution in [3.63, 3.8) is 0 Å². The van der Waals surface area contributed by atoms with E-state index in [1.54, 1.807) is 12.1 Å². The molecule has 1 amide bonds. The normalized spacial score (nSPS) is 24.7. The summed E-state index contributed by atoms with van der Waals surface area (Å²) in [5.74, 6) is 0.942. The van der Waals surface area contributed by atoms with E-state index in [-0.39, 0.29) is 17.9 Å². The molecular formula is C19H27ClN4O2. The van der Waals surface area contributed by atoms with E-state index in [0.717, 1.165) is 50.5 Å². The lowest BCUT2D eigenvalue weighted by Gasteiger charge is -2.40. The first kappa shape index (κ1) is 19.0. The Morgan fingerprint density at radius 2 is 2.38 bits per heavy atom. The smallest absolute Gasteiger partial charge is 0.220 e. The van der Waals surface area contributed by atoms with Gasteiger partial charge in [-0.3, -0.25) is 9.79 Å². The topological polar surface area (TPSA) is 77.0 Å². The summed E-state index contributed by atoms with van der Waals surface area (Å²) in [6.07, 6.45) is 1.99. The van der Waals surface area contributed by atoms with Crippen LogP contribution in [0.3, 0.4) is 0 Å². The Labute approximate surface area is 159 Å². The molecule has 3 rings (SSSR count). The number of benzene rings is 1. The maximum absolute atomic E-state index is 11.7. The molecule has 26 heavy (non-hydrogen) atoms. The monoisotopic (exact) mass is 378 g/mol. The van der Waals surface area contributed by atoms with Crippen molar-refractivity contribution < 1.29 is 9.90 Å². The molecular weight excluding hydrogens is 352 g/mol. The van der Waals surface area contributed by atoms with Crippen molar-refractivity contribution in [2.24, 2.45) is 10.4 Å². The van der Waals surface area contributed by atoms with E-state index in [2.05, 4.69) is 20.5 Å². The minimum atomic E-state index is -0.698. The molecule has 2 heterocycles. The summed E-state index contributed by atoms with van der Waals surface area (Å²) in [6, 6.07) is 7.23. The number of piperidine rings is 1. The molecule has 1 aromatic carbocycles. The lowest BCUT2D eigenvalue weighted by Crippen LogP contribution is -2.51. The zero-order valence-corrected chi connectivity index (χ0v) is 15.9. The van der Waals surface area contributed by atoms with Gasteiger partial charge in [0.2, 0.25) is 5.91 Å². The van der Waals surface area contributed by atoms with Gasteiger partial charge in [-0.25, -0.2) is 0 Å². The maximum Gasteiger partial charge on any atom is 0.220 e. The molecule has 2 atom stereocenters. The van der Waals surface area contributed by atoms with E-state index in [4.69, 9.17) is 11.6 Å². The van der Waals surface area contributed by atoms with Gasteiger partial charge >= 0.3 is 0 Å². The van der Waals surface area contributed by atoms with Crippen LogP contribution in [0.1, 0.15) is 37.9 Å². The molecule has 3 N–H and O–H groups in total. The number of aliphatic hydroxyl groups excluding tert-OH is 1. The summed E-state index contributed by atoms with van der Waals surface area (Å²) in [5.41, 5.74) is 0.773. The Morgan fingerprint density at radius 3 is 3.08 bits per heavy atom. The van der Waals surface area contributed by atoms with Crippen molar-refractivity contribution in [3.8, 4) is 0 Å². The van der Waals surface area contributed by atoms with Crippen molar-refractivity contribution >= 4 is 23.5 Å². The SMILES string of the molecule is CCNC(=NCC(O)c1cccc(Cl)c1)N1CCCC2(CNC(=O)C2)C1. The van der Waals surface area contributed by atoms with E-state index < -0.39 is 6.10 Å². The minimum Gasteiger partial charge on any atom is -0.386 e. The van der Waals surface area contributed by atoms with Crippen LogP contribution in [-0.4, -0.2) is 54.6 Å². The number of likely N-dealkylation sites (tertiary alicyclic amines) is 1. The van der Waals surface area contributed by atoms with Crippen LogP contribution in [-0.2, 0) is 4.79 Å². The summed E-state index contributed by atoms with van der Waals surface area (Å²) in [4.78, 5) is 18.6. The van der Waals surface area contributed by atoms with Crippen molar-refractivity contribution in [3.05, 3.63) is 34.9 Å². The summed E-state index contributed by atoms with van der Waals surface area (Å²) < 4.78 is 0. The Hall–Kier alpha value is -1.79. The van der Waals surface area contributed by atoms with Gasteiger partial charge in [-0.15, -0.1) is 0 Å². The Balaban J connectivity index is 1.69. The molecule has 2 aliphatic rings. The fourth-order valence-electron chi connectivity index (χ4n) is 3.85. The van der Waals surface area contributed by atoms with Crippen molar-refractivity contribution in [2.75, 3.05) is 32.7 Å². The second-order valence-electron chi connectivity index (χ2n) is 7.24. The summed E-state index contributed by atoms with van der Waals surface area (Å²) in [5, 5.41) is 17.3. The number of amides is 1. The maximum atomic E-state index is 11.7. The highest BCUT2D eigenvalue weighted by molar-refractivity contribution is 6.30. The number of halogens is 1. The van der Waals surface area contributed by atoms with Crippen LogP contribution >= 0.6 is 11.6 Å². The van der Waals surface area contributed by atoms with Gasteiger partial charge in [0.1, 0.15) is 0 Å². The molecule has 0 radical (unpaired) electrons. The first-order chi connectivity index (χ1) is 12.5. The first-order valence-electron chi connectivity index (χ1n) is 9.25. The van der Waals surface area contributed by atoms with Gasteiger partial charge < -0.3 is 20.6 Å². The molecule has 2 fully saturated rings. The van der Waals surface area contributed by atoms with Crippen molar-refractivity contribution in [1.29, 1.82) is 0 Å². The number of carbonyl (C=O) groups is 1. The second-order valence-corrected chi connectivity index (χ2v) is 7.68. The largest absolute Gasteiger partial charge is 0.386 e. The molecule has 6 nitrogen and oxygen atoms in total. The highest BCUT2D eigenvalue weighted by atomic mass is 35.5. The standard InChI is InChI=1S/C19H27ClN4O2/c1-2-21-18(22-11-16(25)14-5-3-6-15(20)9-14)24-8-4-7-19(13-24)10-17(26)23-12-19/h3,5-6,9,16,25H,2,4,7-8,10-13H2,1H3,(H,21,22)(H,23,26). The van der Waals surface area contributed by atoms with Crippen LogP contribution < -0.4 is 10.6 Å². The van der Waals surface area contributed by atoms with Crippen LogP contribution in [0, 0.1) is 5.41 Å². The third-order valence-electron chi connectivity index (χ3n) is 5.14. The van der Waals surface area contributed by atoms with E-state index in [9.17, 15) is 9.90 Å². The number of guanidine groups is 1.